The summed E-state index contributed by atoms with van der Waals surface area (Å²) in [6, 6.07) is 8.63. The second kappa shape index (κ2) is 4.68. The lowest BCUT2D eigenvalue weighted by Gasteiger charge is -2.07. The van der Waals surface area contributed by atoms with Crippen molar-refractivity contribution in [2.75, 3.05) is 11.1 Å². The number of nitriles is 1. The number of halogens is 1. The predicted octanol–water partition coefficient (Wildman–Crippen LogP) is 2.33. The van der Waals surface area contributed by atoms with Crippen LogP contribution in [0, 0.1) is 11.3 Å². The molecule has 0 unspecified atom stereocenters. The van der Waals surface area contributed by atoms with Gasteiger partial charge in [-0.3, -0.25) is 0 Å². The van der Waals surface area contributed by atoms with Crippen LogP contribution in [0.4, 0.5) is 17.5 Å². The first-order valence-corrected chi connectivity index (χ1v) is 5.12. The number of nitrogens with one attached hydrogen (secondary N) is 1. The van der Waals surface area contributed by atoms with Gasteiger partial charge >= 0.3 is 0 Å². The van der Waals surface area contributed by atoms with Crippen molar-refractivity contribution in [1.82, 2.24) is 9.97 Å². The fourth-order valence-corrected chi connectivity index (χ4v) is 1.50. The minimum Gasteiger partial charge on any atom is -0.368 e. The molecule has 0 bridgehead atoms. The lowest BCUT2D eigenvalue weighted by molar-refractivity contribution is 1.18. The van der Waals surface area contributed by atoms with Gasteiger partial charge in [-0.15, -0.1) is 0 Å². The Labute approximate surface area is 103 Å². The van der Waals surface area contributed by atoms with E-state index in [9.17, 15) is 0 Å². The van der Waals surface area contributed by atoms with Crippen LogP contribution in [-0.4, -0.2) is 9.97 Å². The maximum Gasteiger partial charge on any atom is 0.221 e. The highest BCUT2D eigenvalue weighted by Gasteiger charge is 2.03. The first-order valence-electron chi connectivity index (χ1n) is 4.74. The van der Waals surface area contributed by atoms with E-state index in [-0.39, 0.29) is 5.95 Å². The number of aromatic nitrogens is 2. The number of rotatable bonds is 2. The minimum atomic E-state index is 0.180. The molecule has 0 saturated carbocycles. The van der Waals surface area contributed by atoms with Gasteiger partial charge in [0, 0.05) is 6.20 Å². The maximum absolute atomic E-state index is 8.71. The summed E-state index contributed by atoms with van der Waals surface area (Å²) in [6.07, 6.45) is 1.54. The molecule has 2 rings (SSSR count). The van der Waals surface area contributed by atoms with E-state index in [4.69, 9.17) is 22.6 Å². The van der Waals surface area contributed by atoms with Crippen LogP contribution >= 0.6 is 11.6 Å². The summed E-state index contributed by atoms with van der Waals surface area (Å²) in [5.41, 5.74) is 6.62. The lowest BCUT2D eigenvalue weighted by Crippen LogP contribution is -1.99. The van der Waals surface area contributed by atoms with Crippen molar-refractivity contribution in [3.8, 4) is 6.07 Å². The van der Waals surface area contributed by atoms with Crippen LogP contribution in [0.3, 0.4) is 0 Å². The zero-order chi connectivity index (χ0) is 12.3. The molecule has 0 saturated heterocycles. The quantitative estimate of drug-likeness (QED) is 0.848. The first kappa shape index (κ1) is 11.2. The highest BCUT2D eigenvalue weighted by atomic mass is 35.5. The van der Waals surface area contributed by atoms with E-state index in [2.05, 4.69) is 15.3 Å². The van der Waals surface area contributed by atoms with Crippen molar-refractivity contribution in [1.29, 1.82) is 5.26 Å². The van der Waals surface area contributed by atoms with Gasteiger partial charge in [0.2, 0.25) is 5.95 Å². The van der Waals surface area contributed by atoms with E-state index in [0.717, 1.165) is 0 Å². The van der Waals surface area contributed by atoms with E-state index in [1.54, 1.807) is 30.5 Å². The molecular weight excluding hydrogens is 238 g/mol. The molecule has 0 spiro atoms. The molecule has 1 aromatic heterocycles. The predicted molar refractivity (Wildman–Crippen MR) is 65.9 cm³/mol. The largest absolute Gasteiger partial charge is 0.368 e. The fraction of sp³-hybridized carbons (Fsp3) is 0. The summed E-state index contributed by atoms with van der Waals surface area (Å²) in [5, 5.41) is 12.2. The van der Waals surface area contributed by atoms with Crippen molar-refractivity contribution in [3.63, 3.8) is 0 Å². The van der Waals surface area contributed by atoms with Gasteiger partial charge in [-0.05, 0) is 24.3 Å². The van der Waals surface area contributed by atoms with E-state index >= 15 is 0 Å². The van der Waals surface area contributed by atoms with E-state index in [1.165, 1.54) is 0 Å². The van der Waals surface area contributed by atoms with Crippen LogP contribution in [0.25, 0.3) is 0 Å². The van der Waals surface area contributed by atoms with E-state index in [1.807, 2.05) is 6.07 Å². The Bertz CT molecular complexity index is 591. The smallest absolute Gasteiger partial charge is 0.221 e. The van der Waals surface area contributed by atoms with Crippen molar-refractivity contribution in [3.05, 3.63) is 41.0 Å². The highest BCUT2D eigenvalue weighted by molar-refractivity contribution is 6.33. The molecular formula is C11H8ClN5. The van der Waals surface area contributed by atoms with Gasteiger partial charge in [-0.2, -0.15) is 10.2 Å². The van der Waals surface area contributed by atoms with Gasteiger partial charge < -0.3 is 11.1 Å². The molecule has 0 fully saturated rings. The summed E-state index contributed by atoms with van der Waals surface area (Å²) >= 11 is 6.01. The molecule has 0 aliphatic carbocycles. The summed E-state index contributed by atoms with van der Waals surface area (Å²) in [7, 11) is 0. The van der Waals surface area contributed by atoms with Crippen molar-refractivity contribution >= 4 is 29.1 Å². The standard InChI is InChI=1S/C11H8ClN5/c12-8-5-7(6-13)1-2-9(8)16-10-3-4-15-11(14)17-10/h1-5H,(H3,14,15,16,17). The van der Waals surface area contributed by atoms with Crippen molar-refractivity contribution < 1.29 is 0 Å². The number of nitrogens with two attached hydrogens (primary N) is 1. The minimum absolute atomic E-state index is 0.180. The number of nitrogen functional groups attached to an aromatic ring is 1. The van der Waals surface area contributed by atoms with Crippen LogP contribution in [0.5, 0.6) is 0 Å². The molecule has 0 radical (unpaired) electrons. The second-order valence-electron chi connectivity index (χ2n) is 3.23. The number of hydrogen-bond acceptors (Lipinski definition) is 5. The summed E-state index contributed by atoms with van der Waals surface area (Å²) in [4.78, 5) is 7.77. The molecule has 2 aromatic rings. The molecule has 5 nitrogen and oxygen atoms in total. The van der Waals surface area contributed by atoms with Crippen LogP contribution in [0.1, 0.15) is 5.56 Å². The molecule has 0 aliphatic rings. The molecule has 0 atom stereocenters. The average molecular weight is 246 g/mol. The molecule has 0 aliphatic heterocycles. The van der Waals surface area contributed by atoms with Gasteiger partial charge in [0.05, 0.1) is 22.3 Å². The van der Waals surface area contributed by atoms with Gasteiger partial charge in [0.25, 0.3) is 0 Å². The average Bonchev–Trinajstić information content (AvgIpc) is 2.32. The van der Waals surface area contributed by atoms with Crippen LogP contribution in [0.15, 0.2) is 30.5 Å². The molecule has 3 N–H and O–H groups in total. The third kappa shape index (κ3) is 2.62. The van der Waals surface area contributed by atoms with Crippen molar-refractivity contribution in [2.24, 2.45) is 0 Å². The van der Waals surface area contributed by atoms with Crippen LogP contribution < -0.4 is 11.1 Å². The van der Waals surface area contributed by atoms with Crippen LogP contribution in [0.2, 0.25) is 5.02 Å². The zero-order valence-electron chi connectivity index (χ0n) is 8.68. The third-order valence-corrected chi connectivity index (χ3v) is 2.35. The SMILES string of the molecule is N#Cc1ccc(Nc2ccnc(N)n2)c(Cl)c1. The van der Waals surface area contributed by atoms with Gasteiger partial charge in [-0.1, -0.05) is 11.6 Å². The third-order valence-electron chi connectivity index (χ3n) is 2.04. The molecule has 1 aromatic carbocycles. The molecule has 84 valence electrons. The fourth-order valence-electron chi connectivity index (χ4n) is 1.27. The number of anilines is 3. The number of benzene rings is 1. The normalized spacial score (nSPS) is 9.65. The Morgan fingerprint density at radius 2 is 2.18 bits per heavy atom. The van der Waals surface area contributed by atoms with Crippen molar-refractivity contribution in [2.45, 2.75) is 0 Å². The summed E-state index contributed by atoms with van der Waals surface area (Å²) < 4.78 is 0. The molecule has 6 heteroatoms. The molecule has 17 heavy (non-hydrogen) atoms. The Hall–Kier alpha value is -2.32. The zero-order valence-corrected chi connectivity index (χ0v) is 9.44. The highest BCUT2D eigenvalue weighted by Crippen LogP contribution is 2.25. The maximum atomic E-state index is 8.71. The van der Waals surface area contributed by atoms with Crippen LogP contribution in [-0.2, 0) is 0 Å². The Balaban J connectivity index is 2.28. The first-order chi connectivity index (χ1) is 8.19. The Morgan fingerprint density at radius 3 is 2.82 bits per heavy atom. The summed E-state index contributed by atoms with van der Waals surface area (Å²) in [5.74, 6) is 0.726. The number of nitrogens with zero attached hydrogens (tertiary/aromatic N) is 3. The van der Waals surface area contributed by atoms with Gasteiger partial charge in [-0.25, -0.2) is 4.98 Å². The van der Waals surface area contributed by atoms with Gasteiger partial charge in [0.15, 0.2) is 0 Å². The topological polar surface area (TPSA) is 87.6 Å². The lowest BCUT2D eigenvalue weighted by atomic mass is 10.2. The molecule has 0 amide bonds. The second-order valence-corrected chi connectivity index (χ2v) is 3.64. The van der Waals surface area contributed by atoms with Gasteiger partial charge in [0.1, 0.15) is 5.82 Å². The number of hydrogen-bond donors (Lipinski definition) is 2. The monoisotopic (exact) mass is 245 g/mol. The Morgan fingerprint density at radius 1 is 1.35 bits per heavy atom. The Kier molecular flexibility index (Phi) is 3.08. The van der Waals surface area contributed by atoms with E-state index < -0.39 is 0 Å². The molecule has 1 heterocycles. The summed E-state index contributed by atoms with van der Waals surface area (Å²) in [6.45, 7) is 0. The van der Waals surface area contributed by atoms with E-state index in [0.29, 0.717) is 22.1 Å².